The minimum atomic E-state index is -0.149. The van der Waals surface area contributed by atoms with E-state index in [9.17, 15) is 4.79 Å². The van der Waals surface area contributed by atoms with E-state index in [0.29, 0.717) is 50.4 Å². The Kier molecular flexibility index (Phi) is 6.03. The molecule has 1 aromatic heterocycles. The summed E-state index contributed by atoms with van der Waals surface area (Å²) in [6.07, 6.45) is 0. The monoisotopic (exact) mass is 433 g/mol. The standard InChI is InChI=1S/C23H16ClN3O2S/c24-17-4-3-5-19(14-17)29-12-13-30-23-26-21-7-2-1-6-20(21)22(28)27(23)18-10-8-16(15-25)9-11-18/h1-11,14H,12-13H2. The highest BCUT2D eigenvalue weighted by molar-refractivity contribution is 7.99. The smallest absolute Gasteiger partial charge is 0.266 e. The van der Waals surface area contributed by atoms with Crippen LogP contribution in [0.3, 0.4) is 0 Å². The van der Waals surface area contributed by atoms with Gasteiger partial charge in [0.1, 0.15) is 5.75 Å². The fourth-order valence-corrected chi connectivity index (χ4v) is 3.98. The van der Waals surface area contributed by atoms with Gasteiger partial charge in [0.05, 0.1) is 34.8 Å². The number of fused-ring (bicyclic) bond motifs is 1. The van der Waals surface area contributed by atoms with E-state index in [1.165, 1.54) is 11.8 Å². The molecule has 4 rings (SSSR count). The lowest BCUT2D eigenvalue weighted by atomic mass is 10.2. The molecule has 0 fully saturated rings. The molecule has 30 heavy (non-hydrogen) atoms. The Morgan fingerprint density at radius 2 is 1.87 bits per heavy atom. The zero-order chi connectivity index (χ0) is 20.9. The number of benzene rings is 3. The molecule has 4 aromatic rings. The molecule has 0 aliphatic rings. The Balaban J connectivity index is 1.63. The van der Waals surface area contributed by atoms with Gasteiger partial charge in [-0.25, -0.2) is 4.98 Å². The number of nitriles is 1. The molecule has 0 bridgehead atoms. The average molecular weight is 434 g/mol. The summed E-state index contributed by atoms with van der Waals surface area (Å²) < 4.78 is 7.32. The Labute approximate surface area is 182 Å². The third-order valence-electron chi connectivity index (χ3n) is 4.38. The first kappa shape index (κ1) is 20.0. The van der Waals surface area contributed by atoms with Crippen molar-refractivity contribution in [2.75, 3.05) is 12.4 Å². The molecule has 3 aromatic carbocycles. The second kappa shape index (κ2) is 9.04. The molecule has 0 spiro atoms. The van der Waals surface area contributed by atoms with Gasteiger partial charge >= 0.3 is 0 Å². The molecule has 0 radical (unpaired) electrons. The number of nitrogens with zero attached hydrogens (tertiary/aromatic N) is 3. The highest BCUT2D eigenvalue weighted by atomic mass is 35.5. The zero-order valence-corrected chi connectivity index (χ0v) is 17.4. The number of halogens is 1. The summed E-state index contributed by atoms with van der Waals surface area (Å²) in [7, 11) is 0. The molecule has 0 unspecified atom stereocenters. The van der Waals surface area contributed by atoms with Crippen LogP contribution in [0.2, 0.25) is 5.02 Å². The molecular formula is C23H16ClN3O2S. The zero-order valence-electron chi connectivity index (χ0n) is 15.8. The summed E-state index contributed by atoms with van der Waals surface area (Å²) >= 11 is 7.42. The first-order valence-corrected chi connectivity index (χ1v) is 10.6. The van der Waals surface area contributed by atoms with Crippen molar-refractivity contribution in [3.63, 3.8) is 0 Å². The molecule has 0 atom stereocenters. The van der Waals surface area contributed by atoms with Crippen LogP contribution in [-0.4, -0.2) is 21.9 Å². The Morgan fingerprint density at radius 1 is 1.07 bits per heavy atom. The summed E-state index contributed by atoms with van der Waals surface area (Å²) in [5.74, 6) is 1.28. The number of hydrogen-bond acceptors (Lipinski definition) is 5. The molecule has 7 heteroatoms. The molecule has 5 nitrogen and oxygen atoms in total. The predicted octanol–water partition coefficient (Wildman–Crippen LogP) is 5.08. The molecular weight excluding hydrogens is 418 g/mol. The van der Waals surface area contributed by atoms with Crippen LogP contribution in [0.4, 0.5) is 0 Å². The molecule has 0 saturated heterocycles. The van der Waals surface area contributed by atoms with Gasteiger partial charge < -0.3 is 4.74 Å². The molecule has 148 valence electrons. The van der Waals surface area contributed by atoms with Gasteiger partial charge in [-0.2, -0.15) is 5.26 Å². The van der Waals surface area contributed by atoms with Crippen LogP contribution < -0.4 is 10.3 Å². The second-order valence-corrected chi connectivity index (χ2v) is 7.86. The maximum Gasteiger partial charge on any atom is 0.266 e. The molecule has 1 heterocycles. The predicted molar refractivity (Wildman–Crippen MR) is 120 cm³/mol. The first-order valence-electron chi connectivity index (χ1n) is 9.19. The van der Waals surface area contributed by atoms with Crippen molar-refractivity contribution in [3.8, 4) is 17.5 Å². The van der Waals surface area contributed by atoms with Gasteiger partial charge in [0.15, 0.2) is 5.16 Å². The third-order valence-corrected chi connectivity index (χ3v) is 5.52. The molecule has 0 saturated carbocycles. The van der Waals surface area contributed by atoms with E-state index in [1.54, 1.807) is 47.0 Å². The van der Waals surface area contributed by atoms with Crippen LogP contribution in [0.5, 0.6) is 5.75 Å². The molecule has 0 aliphatic carbocycles. The first-order chi connectivity index (χ1) is 14.7. The Hall–Kier alpha value is -3.27. The van der Waals surface area contributed by atoms with Crippen LogP contribution in [0.1, 0.15) is 5.56 Å². The van der Waals surface area contributed by atoms with Gasteiger partial charge in [-0.1, -0.05) is 41.6 Å². The fraction of sp³-hybridized carbons (Fsp3) is 0.0870. The van der Waals surface area contributed by atoms with Gasteiger partial charge in [0, 0.05) is 10.8 Å². The van der Waals surface area contributed by atoms with Gasteiger partial charge in [-0.3, -0.25) is 9.36 Å². The number of para-hydroxylation sites is 1. The van der Waals surface area contributed by atoms with Crippen molar-refractivity contribution in [1.29, 1.82) is 5.26 Å². The van der Waals surface area contributed by atoms with E-state index >= 15 is 0 Å². The SMILES string of the molecule is N#Cc1ccc(-n2c(SCCOc3cccc(Cl)c3)nc3ccccc3c2=O)cc1. The second-order valence-electron chi connectivity index (χ2n) is 6.37. The molecule has 0 amide bonds. The molecule has 0 aliphatic heterocycles. The lowest BCUT2D eigenvalue weighted by molar-refractivity contribution is 0.344. The van der Waals surface area contributed by atoms with Crippen molar-refractivity contribution in [3.05, 3.63) is 93.7 Å². The van der Waals surface area contributed by atoms with Crippen molar-refractivity contribution in [2.45, 2.75) is 5.16 Å². The van der Waals surface area contributed by atoms with E-state index in [0.717, 1.165) is 0 Å². The van der Waals surface area contributed by atoms with Crippen LogP contribution in [0.15, 0.2) is 82.7 Å². The van der Waals surface area contributed by atoms with E-state index in [1.807, 2.05) is 30.3 Å². The van der Waals surface area contributed by atoms with Gasteiger partial charge in [0.25, 0.3) is 5.56 Å². The number of ether oxygens (including phenoxy) is 1. The van der Waals surface area contributed by atoms with Crippen molar-refractivity contribution >= 4 is 34.3 Å². The van der Waals surface area contributed by atoms with E-state index < -0.39 is 0 Å². The minimum Gasteiger partial charge on any atom is -0.493 e. The van der Waals surface area contributed by atoms with E-state index in [2.05, 4.69) is 6.07 Å². The summed E-state index contributed by atoms with van der Waals surface area (Å²) in [5, 5.41) is 10.8. The number of thioether (sulfide) groups is 1. The van der Waals surface area contributed by atoms with Crippen LogP contribution >= 0.6 is 23.4 Å². The van der Waals surface area contributed by atoms with Gasteiger partial charge in [-0.15, -0.1) is 0 Å². The topological polar surface area (TPSA) is 67.9 Å². The van der Waals surface area contributed by atoms with Gasteiger partial charge in [-0.05, 0) is 54.6 Å². The Morgan fingerprint density at radius 3 is 2.63 bits per heavy atom. The van der Waals surface area contributed by atoms with Crippen LogP contribution in [0, 0.1) is 11.3 Å². The van der Waals surface area contributed by atoms with Crippen LogP contribution in [0.25, 0.3) is 16.6 Å². The lowest BCUT2D eigenvalue weighted by Crippen LogP contribution is -2.22. The maximum absolute atomic E-state index is 13.2. The summed E-state index contributed by atoms with van der Waals surface area (Å²) in [6, 6.07) is 23.5. The highest BCUT2D eigenvalue weighted by Crippen LogP contribution is 2.22. The third kappa shape index (κ3) is 4.33. The number of hydrogen-bond donors (Lipinski definition) is 0. The van der Waals surface area contributed by atoms with Crippen molar-refractivity contribution in [2.24, 2.45) is 0 Å². The van der Waals surface area contributed by atoms with Crippen molar-refractivity contribution in [1.82, 2.24) is 9.55 Å². The summed E-state index contributed by atoms with van der Waals surface area (Å²) in [4.78, 5) is 17.9. The highest BCUT2D eigenvalue weighted by Gasteiger charge is 2.13. The maximum atomic E-state index is 13.2. The molecule has 0 N–H and O–H groups in total. The number of rotatable bonds is 6. The van der Waals surface area contributed by atoms with Gasteiger partial charge in [0.2, 0.25) is 0 Å². The minimum absolute atomic E-state index is 0.149. The fourth-order valence-electron chi connectivity index (χ4n) is 2.97. The average Bonchev–Trinajstić information content (AvgIpc) is 2.77. The largest absolute Gasteiger partial charge is 0.493 e. The van der Waals surface area contributed by atoms with Crippen LogP contribution in [-0.2, 0) is 0 Å². The van der Waals surface area contributed by atoms with E-state index in [4.69, 9.17) is 26.6 Å². The normalized spacial score (nSPS) is 10.7. The van der Waals surface area contributed by atoms with E-state index in [-0.39, 0.29) is 5.56 Å². The number of aromatic nitrogens is 2. The quantitative estimate of drug-likeness (QED) is 0.241. The van der Waals surface area contributed by atoms with Crippen molar-refractivity contribution < 1.29 is 4.74 Å². The Bertz CT molecular complexity index is 1300. The summed E-state index contributed by atoms with van der Waals surface area (Å²) in [6.45, 7) is 0.432. The lowest BCUT2D eigenvalue weighted by Gasteiger charge is -2.13. The summed E-state index contributed by atoms with van der Waals surface area (Å²) in [5.41, 5.74) is 1.69.